The molecule has 6 nitrogen and oxygen atoms in total. The number of anilines is 1. The first-order valence-electron chi connectivity index (χ1n) is 7.49. The lowest BCUT2D eigenvalue weighted by Crippen LogP contribution is -2.33. The Labute approximate surface area is 135 Å². The first kappa shape index (κ1) is 15.1. The van der Waals surface area contributed by atoms with Gasteiger partial charge in [-0.2, -0.15) is 0 Å². The van der Waals surface area contributed by atoms with Gasteiger partial charge in [0.25, 0.3) is 0 Å². The third-order valence-electron chi connectivity index (χ3n) is 3.73. The third-order valence-corrected chi connectivity index (χ3v) is 3.73. The fourth-order valence-corrected chi connectivity index (χ4v) is 2.29. The van der Waals surface area contributed by atoms with Crippen molar-refractivity contribution in [1.29, 1.82) is 0 Å². The number of fused-ring (bicyclic) bond motifs is 1. The van der Waals surface area contributed by atoms with Crippen LogP contribution in [0.3, 0.4) is 0 Å². The number of hydrogen-bond acceptors (Lipinski definition) is 5. The summed E-state index contributed by atoms with van der Waals surface area (Å²) < 4.78 is 10.6. The van der Waals surface area contributed by atoms with E-state index in [-0.39, 0.29) is 19.2 Å². The number of carbonyl (C=O) groups is 1. The van der Waals surface area contributed by atoms with E-state index in [2.05, 4.69) is 10.3 Å². The molecular formula is C17H19N3O3. The third kappa shape index (κ3) is 3.91. The van der Waals surface area contributed by atoms with E-state index < -0.39 is 0 Å². The molecule has 0 bridgehead atoms. The van der Waals surface area contributed by atoms with Gasteiger partial charge < -0.3 is 19.7 Å². The highest BCUT2D eigenvalue weighted by molar-refractivity contribution is 5.80. The lowest BCUT2D eigenvalue weighted by atomic mass is 10.2. The fraction of sp³-hybridized carbons (Fsp3) is 0.294. The van der Waals surface area contributed by atoms with Crippen molar-refractivity contribution in [2.45, 2.75) is 6.42 Å². The quantitative estimate of drug-likeness (QED) is 0.883. The summed E-state index contributed by atoms with van der Waals surface area (Å²) in [7, 11) is 1.81. The number of carbonyl (C=O) groups excluding carboxylic acids is 1. The average Bonchev–Trinajstić information content (AvgIpc) is 3.06. The van der Waals surface area contributed by atoms with Gasteiger partial charge >= 0.3 is 0 Å². The van der Waals surface area contributed by atoms with E-state index in [1.807, 2.05) is 37.4 Å². The topological polar surface area (TPSA) is 63.7 Å². The van der Waals surface area contributed by atoms with E-state index >= 15 is 0 Å². The Bertz CT molecular complexity index is 676. The van der Waals surface area contributed by atoms with Gasteiger partial charge in [0.2, 0.25) is 12.7 Å². The predicted octanol–water partition coefficient (Wildman–Crippen LogP) is 1.92. The molecule has 1 aliphatic heterocycles. The van der Waals surface area contributed by atoms with Crippen molar-refractivity contribution in [2.75, 3.05) is 32.2 Å². The molecule has 23 heavy (non-hydrogen) atoms. The average molecular weight is 313 g/mol. The van der Waals surface area contributed by atoms with Crippen molar-refractivity contribution in [3.63, 3.8) is 0 Å². The Morgan fingerprint density at radius 1 is 1.22 bits per heavy atom. The molecular weight excluding hydrogens is 294 g/mol. The molecule has 0 saturated heterocycles. The Hall–Kier alpha value is -2.76. The minimum Gasteiger partial charge on any atom is -0.454 e. The second kappa shape index (κ2) is 7.00. The summed E-state index contributed by atoms with van der Waals surface area (Å²) in [5.41, 5.74) is 2.01. The van der Waals surface area contributed by atoms with Crippen molar-refractivity contribution in [3.8, 4) is 11.5 Å². The number of nitrogens with one attached hydrogen (secondary N) is 1. The molecule has 0 unspecified atom stereocenters. The monoisotopic (exact) mass is 313 g/mol. The van der Waals surface area contributed by atoms with Crippen molar-refractivity contribution >= 4 is 11.6 Å². The molecule has 2 aromatic rings. The maximum Gasteiger partial charge on any atom is 0.241 e. The summed E-state index contributed by atoms with van der Waals surface area (Å²) in [5, 5.41) is 3.12. The van der Waals surface area contributed by atoms with Crippen LogP contribution in [0.5, 0.6) is 11.5 Å². The van der Waals surface area contributed by atoms with Gasteiger partial charge in [-0.1, -0.05) is 0 Å². The molecule has 1 amide bonds. The molecule has 1 N–H and O–H groups in total. The Kier molecular flexibility index (Phi) is 4.61. The first-order valence-corrected chi connectivity index (χ1v) is 7.49. The smallest absolute Gasteiger partial charge is 0.241 e. The number of amides is 1. The molecule has 0 saturated carbocycles. The van der Waals surface area contributed by atoms with Crippen LogP contribution in [0, 0.1) is 0 Å². The number of ether oxygens (including phenoxy) is 2. The van der Waals surface area contributed by atoms with Gasteiger partial charge in [-0.05, 0) is 36.2 Å². The number of pyridine rings is 1. The molecule has 0 fully saturated rings. The van der Waals surface area contributed by atoms with Crippen LogP contribution in [0.1, 0.15) is 5.56 Å². The van der Waals surface area contributed by atoms with Crippen molar-refractivity contribution in [3.05, 3.63) is 48.3 Å². The molecule has 0 radical (unpaired) electrons. The van der Waals surface area contributed by atoms with Crippen LogP contribution in [0.15, 0.2) is 42.7 Å². The van der Waals surface area contributed by atoms with Crippen LogP contribution in [0.2, 0.25) is 0 Å². The van der Waals surface area contributed by atoms with Crippen molar-refractivity contribution in [2.24, 2.45) is 0 Å². The van der Waals surface area contributed by atoms with Gasteiger partial charge in [0.15, 0.2) is 11.5 Å². The van der Waals surface area contributed by atoms with Crippen LogP contribution in [-0.2, 0) is 11.2 Å². The summed E-state index contributed by atoms with van der Waals surface area (Å²) in [6.45, 7) is 1.16. The van der Waals surface area contributed by atoms with E-state index in [1.54, 1.807) is 17.3 Å². The minimum atomic E-state index is 0.0386. The second-order valence-electron chi connectivity index (χ2n) is 5.34. The largest absolute Gasteiger partial charge is 0.454 e. The van der Waals surface area contributed by atoms with Crippen LogP contribution in [-0.4, -0.2) is 42.7 Å². The lowest BCUT2D eigenvalue weighted by Gasteiger charge is -2.18. The zero-order valence-corrected chi connectivity index (χ0v) is 13.0. The molecule has 3 rings (SSSR count). The summed E-state index contributed by atoms with van der Waals surface area (Å²) in [6.07, 6.45) is 4.34. The SMILES string of the molecule is CN(CCc1ccncc1)C(=O)CNc1ccc2c(c1)OCO2. The molecule has 0 atom stereocenters. The van der Waals surface area contributed by atoms with E-state index in [0.717, 1.165) is 17.9 Å². The second-order valence-corrected chi connectivity index (χ2v) is 5.34. The van der Waals surface area contributed by atoms with Crippen LogP contribution >= 0.6 is 0 Å². The lowest BCUT2D eigenvalue weighted by molar-refractivity contribution is -0.127. The summed E-state index contributed by atoms with van der Waals surface area (Å²) in [5.74, 6) is 1.47. The molecule has 2 heterocycles. The Morgan fingerprint density at radius 3 is 2.83 bits per heavy atom. The maximum absolute atomic E-state index is 12.2. The number of nitrogens with zero attached hydrogens (tertiary/aromatic N) is 2. The highest BCUT2D eigenvalue weighted by atomic mass is 16.7. The van der Waals surface area contributed by atoms with E-state index in [1.165, 1.54) is 5.56 Å². The summed E-state index contributed by atoms with van der Waals surface area (Å²) in [6, 6.07) is 9.47. The van der Waals surface area contributed by atoms with E-state index in [0.29, 0.717) is 12.3 Å². The standard InChI is InChI=1S/C17H19N3O3/c1-20(9-6-13-4-7-18-8-5-13)17(21)11-19-14-2-3-15-16(10-14)23-12-22-15/h2-5,7-8,10,19H,6,9,11-12H2,1H3. The zero-order valence-electron chi connectivity index (χ0n) is 13.0. The van der Waals surface area contributed by atoms with Crippen molar-refractivity contribution < 1.29 is 14.3 Å². The molecule has 0 spiro atoms. The van der Waals surface area contributed by atoms with Gasteiger partial charge in [0.05, 0.1) is 6.54 Å². The van der Waals surface area contributed by atoms with Gasteiger partial charge in [-0.25, -0.2) is 0 Å². The molecule has 1 aliphatic rings. The summed E-state index contributed by atoms with van der Waals surface area (Å²) >= 11 is 0. The van der Waals surface area contributed by atoms with Crippen molar-refractivity contribution in [1.82, 2.24) is 9.88 Å². The van der Waals surface area contributed by atoms with E-state index in [4.69, 9.17) is 9.47 Å². The van der Waals surface area contributed by atoms with Crippen LogP contribution in [0.4, 0.5) is 5.69 Å². The predicted molar refractivity (Wildman–Crippen MR) is 86.6 cm³/mol. The molecule has 120 valence electrons. The van der Waals surface area contributed by atoms with E-state index in [9.17, 15) is 4.79 Å². The van der Waals surface area contributed by atoms with Crippen LogP contribution < -0.4 is 14.8 Å². The first-order chi connectivity index (χ1) is 11.2. The molecule has 1 aromatic heterocycles. The number of hydrogen-bond donors (Lipinski definition) is 1. The van der Waals surface area contributed by atoms with Gasteiger partial charge in [-0.3, -0.25) is 9.78 Å². The number of aromatic nitrogens is 1. The highest BCUT2D eigenvalue weighted by Gasteiger charge is 2.14. The molecule has 0 aliphatic carbocycles. The number of rotatable bonds is 6. The maximum atomic E-state index is 12.2. The van der Waals surface area contributed by atoms with Gasteiger partial charge in [0, 0.05) is 37.7 Å². The fourth-order valence-electron chi connectivity index (χ4n) is 2.29. The zero-order chi connectivity index (χ0) is 16.1. The Morgan fingerprint density at radius 2 is 2.00 bits per heavy atom. The normalized spacial score (nSPS) is 12.0. The highest BCUT2D eigenvalue weighted by Crippen LogP contribution is 2.34. The Balaban J connectivity index is 1.47. The van der Waals surface area contributed by atoms with Gasteiger partial charge in [0.1, 0.15) is 0 Å². The minimum absolute atomic E-state index is 0.0386. The number of likely N-dealkylation sites (N-methyl/N-ethyl adjacent to an activating group) is 1. The van der Waals surface area contributed by atoms with Gasteiger partial charge in [-0.15, -0.1) is 0 Å². The summed E-state index contributed by atoms with van der Waals surface area (Å²) in [4.78, 5) is 17.9. The molecule has 6 heteroatoms. The van der Waals surface area contributed by atoms with Crippen LogP contribution in [0.25, 0.3) is 0 Å². The number of benzene rings is 1. The molecule has 1 aromatic carbocycles.